The molecule has 4 heterocycles. The minimum Gasteiger partial charge on any atom is -0.402 e. The molecule has 0 saturated carbocycles. The van der Waals surface area contributed by atoms with Crippen molar-refractivity contribution < 1.29 is 13.2 Å². The van der Waals surface area contributed by atoms with Crippen molar-refractivity contribution in [1.29, 1.82) is 5.41 Å². The first-order chi connectivity index (χ1) is 16.7. The van der Waals surface area contributed by atoms with Crippen LogP contribution in [0.3, 0.4) is 0 Å². The summed E-state index contributed by atoms with van der Waals surface area (Å²) in [6.07, 6.45) is 8.70. The summed E-state index contributed by atoms with van der Waals surface area (Å²) in [6.45, 7) is 4.64. The zero-order valence-electron chi connectivity index (χ0n) is 20.8. The molecule has 3 aliphatic rings. The number of rotatable bonds is 7. The number of sulfonamides is 1. The van der Waals surface area contributed by atoms with Crippen molar-refractivity contribution in [1.82, 2.24) is 14.3 Å². The van der Waals surface area contributed by atoms with E-state index in [1.807, 2.05) is 19.2 Å². The van der Waals surface area contributed by atoms with Crippen LogP contribution in [-0.4, -0.2) is 72.7 Å². The van der Waals surface area contributed by atoms with E-state index in [0.717, 1.165) is 49.8 Å². The van der Waals surface area contributed by atoms with Crippen LogP contribution >= 0.6 is 0 Å². The number of nitrogens with zero attached hydrogens (tertiary/aromatic N) is 4. The normalized spacial score (nSPS) is 25.6. The number of nitrogens with one attached hydrogen (secondary N) is 2. The summed E-state index contributed by atoms with van der Waals surface area (Å²) in [5, 5.41) is 11.2. The lowest BCUT2D eigenvalue weighted by Gasteiger charge is -2.49. The summed E-state index contributed by atoms with van der Waals surface area (Å²) in [6, 6.07) is 2.02. The van der Waals surface area contributed by atoms with Crippen LogP contribution in [0.1, 0.15) is 58.1 Å². The lowest BCUT2D eigenvalue weighted by Crippen LogP contribution is -2.58. The van der Waals surface area contributed by atoms with E-state index in [4.69, 9.17) is 25.8 Å². The van der Waals surface area contributed by atoms with Crippen molar-refractivity contribution in [3.05, 3.63) is 29.6 Å². The summed E-state index contributed by atoms with van der Waals surface area (Å²) in [4.78, 5) is 11.7. The monoisotopic (exact) mass is 503 g/mol. The lowest BCUT2D eigenvalue weighted by atomic mass is 9.83. The molecule has 2 fully saturated rings. The SMILES string of the molecule is CCS(=O)(=O)N1[C@@H]2CCC[C@H]1C[C@H](N(C)c1nc(NC(=N)/C=C(/C)N)cc(C3=CCOCC3)n1)C2. The Hall–Kier alpha value is -2.50. The first kappa shape index (κ1) is 25.6. The summed E-state index contributed by atoms with van der Waals surface area (Å²) < 4.78 is 32.8. The highest BCUT2D eigenvalue weighted by molar-refractivity contribution is 7.89. The molecule has 2 bridgehead atoms. The third-order valence-corrected chi connectivity index (χ3v) is 9.04. The van der Waals surface area contributed by atoms with Gasteiger partial charge < -0.3 is 20.7 Å². The van der Waals surface area contributed by atoms with Crippen LogP contribution in [0.5, 0.6) is 0 Å². The highest BCUT2D eigenvalue weighted by atomic mass is 32.2. The molecular weight excluding hydrogens is 466 g/mol. The second kappa shape index (κ2) is 10.6. The predicted molar refractivity (Wildman–Crippen MR) is 139 cm³/mol. The van der Waals surface area contributed by atoms with E-state index in [1.165, 1.54) is 0 Å². The fraction of sp³-hybridized carbons (Fsp3) is 0.625. The lowest BCUT2D eigenvalue weighted by molar-refractivity contribution is 0.109. The van der Waals surface area contributed by atoms with E-state index in [-0.39, 0.29) is 29.7 Å². The largest absolute Gasteiger partial charge is 0.402 e. The van der Waals surface area contributed by atoms with E-state index in [1.54, 1.807) is 24.2 Å². The summed E-state index contributed by atoms with van der Waals surface area (Å²) in [5.41, 5.74) is 8.16. The third-order valence-electron chi connectivity index (χ3n) is 7.07. The number of amidine groups is 1. The smallest absolute Gasteiger partial charge is 0.227 e. The minimum atomic E-state index is -3.23. The Labute approximate surface area is 208 Å². The van der Waals surface area contributed by atoms with Crippen molar-refractivity contribution in [3.8, 4) is 0 Å². The second-order valence-corrected chi connectivity index (χ2v) is 11.8. The number of hydrogen-bond donors (Lipinski definition) is 3. The Morgan fingerprint density at radius 2 is 2.06 bits per heavy atom. The number of allylic oxidation sites excluding steroid dienone is 1. The number of aromatic nitrogens is 2. The van der Waals surface area contributed by atoms with Gasteiger partial charge in [0.25, 0.3) is 0 Å². The molecule has 192 valence electrons. The molecule has 10 nitrogen and oxygen atoms in total. The number of fused-ring (bicyclic) bond motifs is 2. The molecule has 0 aromatic carbocycles. The number of hydrogen-bond acceptors (Lipinski definition) is 8. The Morgan fingerprint density at radius 1 is 1.34 bits per heavy atom. The van der Waals surface area contributed by atoms with Gasteiger partial charge in [-0.15, -0.1) is 0 Å². The Kier molecular flexibility index (Phi) is 7.77. The fourth-order valence-corrected chi connectivity index (χ4v) is 6.96. The summed E-state index contributed by atoms with van der Waals surface area (Å²) in [5.74, 6) is 1.38. The molecule has 11 heteroatoms. The van der Waals surface area contributed by atoms with Crippen LogP contribution in [0.25, 0.3) is 5.57 Å². The highest BCUT2D eigenvalue weighted by Crippen LogP contribution is 2.38. The molecule has 0 aliphatic carbocycles. The first-order valence-corrected chi connectivity index (χ1v) is 14.0. The molecule has 0 radical (unpaired) electrons. The zero-order chi connectivity index (χ0) is 25.2. The van der Waals surface area contributed by atoms with E-state index < -0.39 is 10.0 Å². The predicted octanol–water partition coefficient (Wildman–Crippen LogP) is 2.70. The minimum absolute atomic E-state index is 0.0183. The van der Waals surface area contributed by atoms with Gasteiger partial charge in [0.1, 0.15) is 11.7 Å². The van der Waals surface area contributed by atoms with Crippen molar-refractivity contribution in [2.45, 2.75) is 70.5 Å². The van der Waals surface area contributed by atoms with Crippen LogP contribution in [-0.2, 0) is 14.8 Å². The third kappa shape index (κ3) is 5.84. The van der Waals surface area contributed by atoms with Crippen molar-refractivity contribution in [3.63, 3.8) is 0 Å². The van der Waals surface area contributed by atoms with E-state index in [2.05, 4.69) is 10.2 Å². The number of nitrogens with two attached hydrogens (primary N) is 1. The van der Waals surface area contributed by atoms with Gasteiger partial charge in [0.2, 0.25) is 16.0 Å². The van der Waals surface area contributed by atoms with Gasteiger partial charge >= 0.3 is 0 Å². The molecule has 0 unspecified atom stereocenters. The molecule has 1 aromatic rings. The molecule has 0 amide bonds. The summed E-state index contributed by atoms with van der Waals surface area (Å²) in [7, 11) is -1.24. The van der Waals surface area contributed by atoms with Gasteiger partial charge in [0.05, 0.1) is 24.7 Å². The van der Waals surface area contributed by atoms with Gasteiger partial charge in [0.15, 0.2) is 0 Å². The molecule has 3 atom stereocenters. The number of ether oxygens (including phenoxy) is 1. The van der Waals surface area contributed by atoms with Crippen LogP contribution in [0.2, 0.25) is 0 Å². The van der Waals surface area contributed by atoms with Gasteiger partial charge in [-0.2, -0.15) is 9.29 Å². The molecule has 2 saturated heterocycles. The highest BCUT2D eigenvalue weighted by Gasteiger charge is 2.45. The molecule has 4 N–H and O–H groups in total. The van der Waals surface area contributed by atoms with Crippen LogP contribution < -0.4 is 16.0 Å². The van der Waals surface area contributed by atoms with Gasteiger partial charge in [-0.25, -0.2) is 13.4 Å². The van der Waals surface area contributed by atoms with E-state index >= 15 is 0 Å². The molecular formula is C24H37N7O3S. The Bertz CT molecular complexity index is 1100. The fourth-order valence-electron chi connectivity index (χ4n) is 5.37. The van der Waals surface area contributed by atoms with Crippen LogP contribution in [0, 0.1) is 5.41 Å². The number of anilines is 2. The average molecular weight is 504 g/mol. The van der Waals surface area contributed by atoms with Gasteiger partial charge in [-0.3, -0.25) is 5.41 Å². The van der Waals surface area contributed by atoms with Crippen molar-refractivity contribution in [2.75, 3.05) is 36.2 Å². The molecule has 35 heavy (non-hydrogen) atoms. The van der Waals surface area contributed by atoms with Crippen molar-refractivity contribution >= 4 is 33.2 Å². The maximum atomic E-state index is 12.8. The van der Waals surface area contributed by atoms with Gasteiger partial charge in [-0.05, 0) is 57.6 Å². The molecule has 0 spiro atoms. The summed E-state index contributed by atoms with van der Waals surface area (Å²) >= 11 is 0. The van der Waals surface area contributed by atoms with E-state index in [0.29, 0.717) is 30.7 Å². The second-order valence-electron chi connectivity index (χ2n) is 9.62. The maximum Gasteiger partial charge on any atom is 0.227 e. The zero-order valence-corrected chi connectivity index (χ0v) is 21.6. The van der Waals surface area contributed by atoms with Gasteiger partial charge in [-0.1, -0.05) is 12.5 Å². The van der Waals surface area contributed by atoms with Crippen LogP contribution in [0.4, 0.5) is 11.8 Å². The maximum absolute atomic E-state index is 12.8. The van der Waals surface area contributed by atoms with E-state index in [9.17, 15) is 8.42 Å². The number of piperidine rings is 2. The van der Waals surface area contributed by atoms with Crippen LogP contribution in [0.15, 0.2) is 23.9 Å². The molecule has 3 aliphatic heterocycles. The Morgan fingerprint density at radius 3 is 2.66 bits per heavy atom. The molecule has 4 rings (SSSR count). The van der Waals surface area contributed by atoms with Crippen molar-refractivity contribution in [2.24, 2.45) is 5.73 Å². The first-order valence-electron chi connectivity index (χ1n) is 12.4. The Balaban J connectivity index is 1.63. The standard InChI is InChI=1S/C24H37N7O3S/c1-4-35(32,33)31-18-6-5-7-19(31)14-20(13-18)30(3)24-27-21(17-8-10-34-11-9-17)15-23(29-24)28-22(26)12-16(2)25/h8,12,15,18-20H,4-7,9-11,13-14,25H2,1-3H3,(H2,26,27,28,29)/b16-12-/t18-,19+,20-. The molecule has 1 aromatic heterocycles. The van der Waals surface area contributed by atoms with Gasteiger partial charge in [0, 0.05) is 36.9 Å². The topological polar surface area (TPSA) is 138 Å². The average Bonchev–Trinajstić information content (AvgIpc) is 2.82. The quantitative estimate of drug-likeness (QED) is 0.381.